The van der Waals surface area contributed by atoms with Crippen molar-refractivity contribution in [3.8, 4) is 5.75 Å². The number of rotatable bonds is 5. The van der Waals surface area contributed by atoms with E-state index in [0.717, 1.165) is 42.4 Å². The molecular weight excluding hydrogens is 320 g/mol. The normalized spacial score (nSPS) is 20.0. The van der Waals surface area contributed by atoms with Crippen LogP contribution in [0.2, 0.25) is 0 Å². The number of hydrogen-bond donors (Lipinski definition) is 1. The van der Waals surface area contributed by atoms with Gasteiger partial charge < -0.3 is 19.4 Å². The fourth-order valence-electron chi connectivity index (χ4n) is 3.45. The van der Waals surface area contributed by atoms with Gasteiger partial charge in [0.15, 0.2) is 0 Å². The Hall–Kier alpha value is -2.50. The van der Waals surface area contributed by atoms with E-state index in [2.05, 4.69) is 5.32 Å². The van der Waals surface area contributed by atoms with Gasteiger partial charge in [-0.3, -0.25) is 9.59 Å². The van der Waals surface area contributed by atoms with Gasteiger partial charge in [0.2, 0.25) is 11.8 Å². The minimum absolute atomic E-state index is 0.00450. The van der Waals surface area contributed by atoms with Crippen LogP contribution >= 0.6 is 0 Å². The SMILES string of the molecule is COc1ccc2c(CC(=O)N3CCCC3C(=O)NC3CC3)coc2c1. The molecule has 1 N–H and O–H groups in total. The van der Waals surface area contributed by atoms with E-state index < -0.39 is 0 Å². The van der Waals surface area contributed by atoms with Crippen molar-refractivity contribution in [1.82, 2.24) is 10.2 Å². The first-order chi connectivity index (χ1) is 12.2. The molecule has 132 valence electrons. The van der Waals surface area contributed by atoms with Crippen molar-refractivity contribution in [2.24, 2.45) is 0 Å². The molecule has 25 heavy (non-hydrogen) atoms. The second kappa shape index (κ2) is 6.43. The lowest BCUT2D eigenvalue weighted by atomic mass is 10.1. The van der Waals surface area contributed by atoms with Crippen molar-refractivity contribution in [2.75, 3.05) is 13.7 Å². The Kier molecular flexibility index (Phi) is 4.11. The molecule has 1 saturated carbocycles. The van der Waals surface area contributed by atoms with E-state index in [9.17, 15) is 9.59 Å². The number of furan rings is 1. The van der Waals surface area contributed by atoms with Gasteiger partial charge in [-0.1, -0.05) is 0 Å². The van der Waals surface area contributed by atoms with E-state index in [1.807, 2.05) is 18.2 Å². The van der Waals surface area contributed by atoms with Gasteiger partial charge in [-0.2, -0.15) is 0 Å². The zero-order chi connectivity index (χ0) is 17.4. The summed E-state index contributed by atoms with van der Waals surface area (Å²) in [6, 6.07) is 5.56. The molecule has 1 aromatic carbocycles. The highest BCUT2D eigenvalue weighted by atomic mass is 16.5. The molecule has 2 heterocycles. The summed E-state index contributed by atoms with van der Waals surface area (Å²) in [5.41, 5.74) is 1.54. The predicted molar refractivity (Wildman–Crippen MR) is 92.4 cm³/mol. The number of amides is 2. The Balaban J connectivity index is 1.48. The molecule has 1 unspecified atom stereocenters. The Morgan fingerprint density at radius 2 is 2.16 bits per heavy atom. The third kappa shape index (κ3) is 3.21. The number of ether oxygens (including phenoxy) is 1. The minimum Gasteiger partial charge on any atom is -0.497 e. The van der Waals surface area contributed by atoms with E-state index >= 15 is 0 Å². The number of nitrogens with zero attached hydrogens (tertiary/aromatic N) is 1. The lowest BCUT2D eigenvalue weighted by Gasteiger charge is -2.24. The smallest absolute Gasteiger partial charge is 0.243 e. The zero-order valence-corrected chi connectivity index (χ0v) is 14.3. The molecule has 2 aromatic rings. The second-order valence-corrected chi connectivity index (χ2v) is 6.83. The van der Waals surface area contributed by atoms with E-state index in [4.69, 9.17) is 9.15 Å². The molecule has 0 radical (unpaired) electrons. The van der Waals surface area contributed by atoms with Crippen LogP contribution in [0.4, 0.5) is 0 Å². The quantitative estimate of drug-likeness (QED) is 0.905. The number of carbonyl (C=O) groups is 2. The number of fused-ring (bicyclic) bond motifs is 1. The molecule has 1 aliphatic carbocycles. The molecule has 2 aliphatic rings. The maximum atomic E-state index is 12.8. The molecule has 1 atom stereocenters. The first-order valence-corrected chi connectivity index (χ1v) is 8.79. The molecule has 6 heteroatoms. The summed E-state index contributed by atoms with van der Waals surface area (Å²) in [7, 11) is 1.61. The Morgan fingerprint density at radius 1 is 1.32 bits per heavy atom. The van der Waals surface area contributed by atoms with Crippen LogP contribution in [0, 0.1) is 0 Å². The Labute approximate surface area is 146 Å². The second-order valence-electron chi connectivity index (χ2n) is 6.83. The van der Waals surface area contributed by atoms with Crippen LogP contribution in [0.3, 0.4) is 0 Å². The van der Waals surface area contributed by atoms with Crippen LogP contribution < -0.4 is 10.1 Å². The van der Waals surface area contributed by atoms with Gasteiger partial charge in [0, 0.05) is 29.6 Å². The summed E-state index contributed by atoms with van der Waals surface area (Å²) in [4.78, 5) is 26.9. The molecule has 1 saturated heterocycles. The van der Waals surface area contributed by atoms with Crippen molar-refractivity contribution >= 4 is 22.8 Å². The number of hydrogen-bond acceptors (Lipinski definition) is 4. The first-order valence-electron chi connectivity index (χ1n) is 8.79. The van der Waals surface area contributed by atoms with E-state index in [0.29, 0.717) is 18.2 Å². The monoisotopic (exact) mass is 342 g/mol. The highest BCUT2D eigenvalue weighted by Crippen LogP contribution is 2.27. The first kappa shape index (κ1) is 16.0. The predicted octanol–water partition coefficient (Wildman–Crippen LogP) is 2.25. The minimum atomic E-state index is -0.327. The van der Waals surface area contributed by atoms with Gasteiger partial charge in [-0.15, -0.1) is 0 Å². The number of carbonyl (C=O) groups excluding carboxylic acids is 2. The summed E-state index contributed by atoms with van der Waals surface area (Å²) >= 11 is 0. The van der Waals surface area contributed by atoms with Gasteiger partial charge in [0.25, 0.3) is 0 Å². The van der Waals surface area contributed by atoms with Gasteiger partial charge in [0.1, 0.15) is 17.4 Å². The fraction of sp³-hybridized carbons (Fsp3) is 0.474. The largest absolute Gasteiger partial charge is 0.497 e. The van der Waals surface area contributed by atoms with Crippen molar-refractivity contribution in [3.63, 3.8) is 0 Å². The number of methoxy groups -OCH3 is 1. The lowest BCUT2D eigenvalue weighted by Crippen LogP contribution is -2.47. The molecule has 6 nitrogen and oxygen atoms in total. The van der Waals surface area contributed by atoms with Gasteiger partial charge in [-0.25, -0.2) is 0 Å². The summed E-state index contributed by atoms with van der Waals surface area (Å²) < 4.78 is 10.8. The van der Waals surface area contributed by atoms with Gasteiger partial charge >= 0.3 is 0 Å². The molecule has 2 fully saturated rings. The summed E-state index contributed by atoms with van der Waals surface area (Å²) in [5.74, 6) is 0.693. The van der Waals surface area contributed by atoms with E-state index in [1.165, 1.54) is 0 Å². The third-order valence-corrected chi connectivity index (χ3v) is 5.00. The molecule has 0 spiro atoms. The molecule has 2 amide bonds. The van der Waals surface area contributed by atoms with Crippen LogP contribution in [-0.2, 0) is 16.0 Å². The van der Waals surface area contributed by atoms with E-state index in [-0.39, 0.29) is 24.3 Å². The van der Waals surface area contributed by atoms with Crippen LogP contribution in [-0.4, -0.2) is 42.5 Å². The van der Waals surface area contributed by atoms with Gasteiger partial charge in [0.05, 0.1) is 19.8 Å². The average Bonchev–Trinajstić information content (AvgIpc) is 3.14. The van der Waals surface area contributed by atoms with Crippen LogP contribution in [0.25, 0.3) is 11.0 Å². The molecular formula is C19H22N2O4. The maximum Gasteiger partial charge on any atom is 0.243 e. The zero-order valence-electron chi connectivity index (χ0n) is 14.3. The van der Waals surface area contributed by atoms with Crippen molar-refractivity contribution in [3.05, 3.63) is 30.0 Å². The standard InChI is InChI=1S/C19H22N2O4/c1-24-14-6-7-15-12(11-25-17(15)10-14)9-18(22)21-8-2-3-16(21)19(23)20-13-4-5-13/h6-7,10-11,13,16H,2-5,8-9H2,1H3,(H,20,23). The van der Waals surface area contributed by atoms with Crippen LogP contribution in [0.15, 0.2) is 28.9 Å². The topological polar surface area (TPSA) is 71.8 Å². The average molecular weight is 342 g/mol. The lowest BCUT2D eigenvalue weighted by molar-refractivity contribution is -0.138. The highest BCUT2D eigenvalue weighted by molar-refractivity contribution is 5.92. The third-order valence-electron chi connectivity index (χ3n) is 5.00. The van der Waals surface area contributed by atoms with Crippen molar-refractivity contribution in [2.45, 2.75) is 44.2 Å². The Bertz CT molecular complexity index is 809. The van der Waals surface area contributed by atoms with Crippen LogP contribution in [0.1, 0.15) is 31.2 Å². The van der Waals surface area contributed by atoms with Crippen LogP contribution in [0.5, 0.6) is 5.75 Å². The fourth-order valence-corrected chi connectivity index (χ4v) is 3.45. The Morgan fingerprint density at radius 3 is 2.92 bits per heavy atom. The number of likely N-dealkylation sites (tertiary alicyclic amines) is 1. The molecule has 0 bridgehead atoms. The van der Waals surface area contributed by atoms with Crippen molar-refractivity contribution in [1.29, 1.82) is 0 Å². The van der Waals surface area contributed by atoms with Crippen molar-refractivity contribution < 1.29 is 18.7 Å². The molecule has 1 aliphatic heterocycles. The maximum absolute atomic E-state index is 12.8. The molecule has 1 aromatic heterocycles. The number of benzene rings is 1. The summed E-state index contributed by atoms with van der Waals surface area (Å²) in [6.45, 7) is 0.644. The van der Waals surface area contributed by atoms with E-state index in [1.54, 1.807) is 18.3 Å². The van der Waals surface area contributed by atoms with Gasteiger partial charge in [-0.05, 0) is 37.8 Å². The molecule has 4 rings (SSSR count). The summed E-state index contributed by atoms with van der Waals surface area (Å²) in [5, 5.41) is 3.93. The number of nitrogens with one attached hydrogen (secondary N) is 1. The highest BCUT2D eigenvalue weighted by Gasteiger charge is 2.36. The summed E-state index contributed by atoms with van der Waals surface area (Å²) in [6.07, 6.45) is 5.59.